The summed E-state index contributed by atoms with van der Waals surface area (Å²) in [4.78, 5) is 0. The molecule has 1 N–H and O–H groups in total. The molecule has 0 aromatic heterocycles. The lowest BCUT2D eigenvalue weighted by atomic mass is 9.79. The lowest BCUT2D eigenvalue weighted by molar-refractivity contribution is -0.0850. The van der Waals surface area contributed by atoms with Gasteiger partial charge in [-0.25, -0.2) is 0 Å². The highest BCUT2D eigenvalue weighted by Gasteiger charge is 2.42. The number of halogens is 2. The molecule has 5 heteroatoms. The normalized spacial score (nSPS) is 30.7. The zero-order chi connectivity index (χ0) is 14.9. The minimum Gasteiger partial charge on any atom is -0.374 e. The van der Waals surface area contributed by atoms with Crippen molar-refractivity contribution in [3.05, 3.63) is 33.8 Å². The van der Waals surface area contributed by atoms with Gasteiger partial charge in [0.1, 0.15) is 0 Å². The second-order valence-electron chi connectivity index (χ2n) is 6.02. The summed E-state index contributed by atoms with van der Waals surface area (Å²) in [6.07, 6.45) is 3.38. The first-order chi connectivity index (χ1) is 10.1. The fraction of sp³-hybridized carbons (Fsp3) is 0.625. The minimum absolute atomic E-state index is 0.0988. The Morgan fingerprint density at radius 2 is 2.29 bits per heavy atom. The SMILES string of the molecule is CNC(c1ccc(Cl)cc1Cl)C1CCOC2(CCSC2)C1. The van der Waals surface area contributed by atoms with Gasteiger partial charge < -0.3 is 10.1 Å². The van der Waals surface area contributed by atoms with Crippen molar-refractivity contribution >= 4 is 35.0 Å². The first-order valence-electron chi connectivity index (χ1n) is 7.47. The third-order valence-electron chi connectivity index (χ3n) is 4.68. The van der Waals surface area contributed by atoms with Crippen molar-refractivity contribution in [2.24, 2.45) is 5.92 Å². The molecule has 3 rings (SSSR count). The molecule has 1 aromatic rings. The van der Waals surface area contributed by atoms with Gasteiger partial charge in [-0.15, -0.1) is 0 Å². The molecule has 21 heavy (non-hydrogen) atoms. The van der Waals surface area contributed by atoms with Crippen LogP contribution in [0.4, 0.5) is 0 Å². The van der Waals surface area contributed by atoms with Gasteiger partial charge in [0.05, 0.1) is 5.60 Å². The van der Waals surface area contributed by atoms with E-state index in [0.29, 0.717) is 10.9 Å². The molecular weight excluding hydrogens is 325 g/mol. The summed E-state index contributed by atoms with van der Waals surface area (Å²) < 4.78 is 6.13. The van der Waals surface area contributed by atoms with E-state index < -0.39 is 0 Å². The van der Waals surface area contributed by atoms with Gasteiger partial charge >= 0.3 is 0 Å². The number of thioether (sulfide) groups is 1. The first kappa shape index (κ1) is 15.9. The maximum Gasteiger partial charge on any atom is 0.0783 e. The van der Waals surface area contributed by atoms with Gasteiger partial charge in [0.2, 0.25) is 0 Å². The molecule has 1 spiro atoms. The second-order valence-corrected chi connectivity index (χ2v) is 7.97. The molecule has 0 amide bonds. The summed E-state index contributed by atoms with van der Waals surface area (Å²) in [5.41, 5.74) is 1.25. The smallest absolute Gasteiger partial charge is 0.0783 e. The van der Waals surface area contributed by atoms with Crippen molar-refractivity contribution < 1.29 is 4.74 Å². The quantitative estimate of drug-likeness (QED) is 0.867. The number of nitrogens with one attached hydrogen (secondary N) is 1. The number of rotatable bonds is 3. The number of benzene rings is 1. The molecule has 2 heterocycles. The fourth-order valence-corrected chi connectivity index (χ4v) is 5.52. The van der Waals surface area contributed by atoms with Crippen molar-refractivity contribution in [3.8, 4) is 0 Å². The maximum absolute atomic E-state index is 6.41. The van der Waals surface area contributed by atoms with Crippen LogP contribution in [0.25, 0.3) is 0 Å². The van der Waals surface area contributed by atoms with Crippen molar-refractivity contribution in [3.63, 3.8) is 0 Å². The number of hydrogen-bond donors (Lipinski definition) is 1. The number of hydrogen-bond acceptors (Lipinski definition) is 3. The molecule has 2 saturated heterocycles. The summed E-state index contributed by atoms with van der Waals surface area (Å²) in [6, 6.07) is 6.08. The third-order valence-corrected chi connectivity index (χ3v) is 6.46. The highest BCUT2D eigenvalue weighted by atomic mass is 35.5. The van der Waals surface area contributed by atoms with Crippen molar-refractivity contribution in [1.29, 1.82) is 0 Å². The van der Waals surface area contributed by atoms with Crippen molar-refractivity contribution in [2.45, 2.75) is 30.9 Å². The standard InChI is InChI=1S/C16H21Cl2NOS/c1-19-15(13-3-2-12(17)8-14(13)18)11-4-6-20-16(9-11)5-7-21-10-16/h2-3,8,11,15,19H,4-7,9-10H2,1H3. The van der Waals surface area contributed by atoms with E-state index in [-0.39, 0.29) is 11.6 Å². The highest BCUT2D eigenvalue weighted by molar-refractivity contribution is 7.99. The van der Waals surface area contributed by atoms with Gasteiger partial charge in [-0.2, -0.15) is 11.8 Å². The molecule has 116 valence electrons. The topological polar surface area (TPSA) is 21.3 Å². The Labute approximate surface area is 140 Å². The Morgan fingerprint density at radius 1 is 1.43 bits per heavy atom. The van der Waals surface area contributed by atoms with Gasteiger partial charge in [0.25, 0.3) is 0 Å². The molecule has 0 aliphatic carbocycles. The van der Waals surface area contributed by atoms with Crippen LogP contribution in [-0.4, -0.2) is 30.8 Å². The van der Waals surface area contributed by atoms with Crippen LogP contribution in [0.2, 0.25) is 10.0 Å². The van der Waals surface area contributed by atoms with Gasteiger partial charge in [-0.1, -0.05) is 29.3 Å². The molecule has 2 aliphatic heterocycles. The molecule has 2 nitrogen and oxygen atoms in total. The predicted octanol–water partition coefficient (Wildman–Crippen LogP) is 4.56. The Morgan fingerprint density at radius 3 is 2.95 bits per heavy atom. The largest absolute Gasteiger partial charge is 0.374 e. The van der Waals surface area contributed by atoms with E-state index in [1.54, 1.807) is 0 Å². The fourth-order valence-electron chi connectivity index (χ4n) is 3.61. The van der Waals surface area contributed by atoms with Crippen molar-refractivity contribution in [1.82, 2.24) is 5.32 Å². The van der Waals surface area contributed by atoms with E-state index in [4.69, 9.17) is 27.9 Å². The van der Waals surface area contributed by atoms with E-state index in [1.165, 1.54) is 12.2 Å². The monoisotopic (exact) mass is 345 g/mol. The lowest BCUT2D eigenvalue weighted by Gasteiger charge is -2.41. The van der Waals surface area contributed by atoms with Gasteiger partial charge in [-0.3, -0.25) is 0 Å². The Kier molecular flexibility index (Phi) is 5.07. The number of ether oxygens (including phenoxy) is 1. The van der Waals surface area contributed by atoms with Crippen molar-refractivity contribution in [2.75, 3.05) is 25.2 Å². The van der Waals surface area contributed by atoms with E-state index >= 15 is 0 Å². The summed E-state index contributed by atoms with van der Waals surface area (Å²) >= 11 is 14.4. The summed E-state index contributed by atoms with van der Waals surface area (Å²) in [5, 5.41) is 4.91. The van der Waals surface area contributed by atoms with Crippen LogP contribution in [0.1, 0.15) is 30.9 Å². The minimum atomic E-state index is 0.0988. The van der Waals surface area contributed by atoms with Crippen LogP contribution < -0.4 is 5.32 Å². The highest BCUT2D eigenvalue weighted by Crippen LogP contribution is 2.44. The van der Waals surface area contributed by atoms with Gasteiger partial charge in [0, 0.05) is 28.4 Å². The predicted molar refractivity (Wildman–Crippen MR) is 91.6 cm³/mol. The van der Waals surface area contributed by atoms with Crippen LogP contribution in [0, 0.1) is 5.92 Å². The molecule has 2 aliphatic rings. The molecule has 2 fully saturated rings. The molecule has 3 atom stereocenters. The van der Waals surface area contributed by atoms with E-state index in [1.807, 2.05) is 30.9 Å². The molecule has 0 bridgehead atoms. The summed E-state index contributed by atoms with van der Waals surface area (Å²) in [6.45, 7) is 0.856. The van der Waals surface area contributed by atoms with Crippen LogP contribution in [0.3, 0.4) is 0 Å². The lowest BCUT2D eigenvalue weighted by Crippen LogP contribution is -2.43. The second kappa shape index (κ2) is 6.67. The average Bonchev–Trinajstić information content (AvgIpc) is 2.90. The van der Waals surface area contributed by atoms with E-state index in [9.17, 15) is 0 Å². The zero-order valence-electron chi connectivity index (χ0n) is 12.2. The summed E-state index contributed by atoms with van der Waals surface area (Å²) in [5.74, 6) is 2.91. The van der Waals surface area contributed by atoms with Crippen LogP contribution >= 0.6 is 35.0 Å². The maximum atomic E-state index is 6.41. The first-order valence-corrected chi connectivity index (χ1v) is 9.38. The Bertz CT molecular complexity index is 505. The Balaban J connectivity index is 1.82. The Hall–Kier alpha value is 0.0700. The van der Waals surface area contributed by atoms with Crippen LogP contribution in [-0.2, 0) is 4.74 Å². The molecule has 0 saturated carbocycles. The van der Waals surface area contributed by atoms with E-state index in [2.05, 4.69) is 11.4 Å². The molecule has 0 radical (unpaired) electrons. The zero-order valence-corrected chi connectivity index (χ0v) is 14.5. The average molecular weight is 346 g/mol. The van der Waals surface area contributed by atoms with Crippen LogP contribution in [0.5, 0.6) is 0 Å². The molecule has 3 unspecified atom stereocenters. The van der Waals surface area contributed by atoms with Gasteiger partial charge in [-0.05, 0) is 55.7 Å². The van der Waals surface area contributed by atoms with E-state index in [0.717, 1.165) is 35.8 Å². The molecular formula is C16H21Cl2NOS. The van der Waals surface area contributed by atoms with Gasteiger partial charge in [0.15, 0.2) is 0 Å². The molecule has 1 aromatic carbocycles. The summed E-state index contributed by atoms with van der Waals surface area (Å²) in [7, 11) is 2.02. The van der Waals surface area contributed by atoms with Crippen LogP contribution in [0.15, 0.2) is 18.2 Å². The third kappa shape index (κ3) is 3.37.